The Labute approximate surface area is 313 Å². The first-order valence-corrected chi connectivity index (χ1v) is 19.2. The number of fused-ring (bicyclic) bond motifs is 11. The summed E-state index contributed by atoms with van der Waals surface area (Å²) in [6, 6.07) is 59.8. The van der Waals surface area contributed by atoms with Crippen LogP contribution in [0.1, 0.15) is 0 Å². The van der Waals surface area contributed by atoms with Gasteiger partial charge in [-0.15, -0.1) is 11.3 Å². The molecule has 1 aliphatic rings. The highest BCUT2D eigenvalue weighted by atomic mass is 32.1. The lowest BCUT2D eigenvalue weighted by Gasteiger charge is -2.17. The van der Waals surface area contributed by atoms with Crippen molar-refractivity contribution in [2.24, 2.45) is 0 Å². The minimum Gasteiger partial charge on any atom is -0.292 e. The van der Waals surface area contributed by atoms with Gasteiger partial charge in [-0.3, -0.25) is 4.57 Å². The fourth-order valence-electron chi connectivity index (χ4n) is 9.36. The smallest absolute Gasteiger partial charge is 0.165 e. The van der Waals surface area contributed by atoms with Gasteiger partial charge in [-0.2, -0.15) is 0 Å². The number of thiophene rings is 1. The molecule has 0 saturated carbocycles. The molecule has 3 nitrogen and oxygen atoms in total. The second-order valence-corrected chi connectivity index (χ2v) is 15.6. The molecule has 0 N–H and O–H groups in total. The van der Waals surface area contributed by atoms with Gasteiger partial charge in [0.05, 0.1) is 22.1 Å². The van der Waals surface area contributed by atoms with Crippen LogP contribution < -0.4 is 0 Å². The van der Waals surface area contributed by atoms with E-state index in [4.69, 9.17) is 9.97 Å². The van der Waals surface area contributed by atoms with Gasteiger partial charge in [-0.1, -0.05) is 133 Å². The first-order valence-electron chi connectivity index (χ1n) is 18.4. The van der Waals surface area contributed by atoms with E-state index in [1.54, 1.807) is 0 Å². The van der Waals surface area contributed by atoms with E-state index in [2.05, 4.69) is 168 Å². The summed E-state index contributed by atoms with van der Waals surface area (Å²) in [7, 11) is 0. The van der Waals surface area contributed by atoms with Crippen molar-refractivity contribution < 1.29 is 0 Å². The van der Waals surface area contributed by atoms with Gasteiger partial charge in [0.1, 0.15) is 5.69 Å². The molecule has 248 valence electrons. The summed E-state index contributed by atoms with van der Waals surface area (Å²) in [5, 5.41) is 12.3. The maximum Gasteiger partial charge on any atom is 0.165 e. The Morgan fingerprint density at radius 1 is 0.426 bits per heavy atom. The van der Waals surface area contributed by atoms with Crippen molar-refractivity contribution in [3.8, 4) is 39.3 Å². The van der Waals surface area contributed by atoms with E-state index >= 15 is 0 Å². The Morgan fingerprint density at radius 3 is 2.07 bits per heavy atom. The first kappa shape index (κ1) is 28.7. The monoisotopic (exact) mass is 701 g/mol. The molecule has 0 bridgehead atoms. The van der Waals surface area contributed by atoms with Crippen LogP contribution in [0.25, 0.3) is 125 Å². The third kappa shape index (κ3) is 3.70. The maximum absolute atomic E-state index is 5.72. The quantitative estimate of drug-likeness (QED) is 0.168. The molecule has 54 heavy (non-hydrogen) atoms. The van der Waals surface area contributed by atoms with Gasteiger partial charge in [-0.25, -0.2) is 9.97 Å². The van der Waals surface area contributed by atoms with Crippen LogP contribution in [-0.2, 0) is 0 Å². The Balaban J connectivity index is 1.29. The van der Waals surface area contributed by atoms with Crippen LogP contribution in [0.3, 0.4) is 0 Å². The van der Waals surface area contributed by atoms with Crippen molar-refractivity contribution in [2.75, 3.05) is 0 Å². The predicted octanol–water partition coefficient (Wildman–Crippen LogP) is 13.9. The van der Waals surface area contributed by atoms with Crippen LogP contribution in [0.15, 0.2) is 164 Å². The number of rotatable bonds is 2. The van der Waals surface area contributed by atoms with Crippen LogP contribution in [0.2, 0.25) is 0 Å². The third-order valence-corrected chi connectivity index (χ3v) is 12.8. The molecule has 3 aromatic heterocycles. The summed E-state index contributed by atoms with van der Waals surface area (Å²) in [5.41, 5.74) is 11.1. The van der Waals surface area contributed by atoms with Crippen molar-refractivity contribution >= 4 is 96.7 Å². The number of hydrogen-bond donors (Lipinski definition) is 0. The minimum atomic E-state index is 0.839. The molecule has 12 aromatic rings. The number of hydrogen-bond acceptors (Lipinski definition) is 3. The van der Waals surface area contributed by atoms with Crippen molar-refractivity contribution in [3.63, 3.8) is 0 Å². The normalized spacial score (nSPS) is 12.4. The van der Waals surface area contributed by atoms with E-state index in [1.165, 1.54) is 74.7 Å². The van der Waals surface area contributed by atoms with Gasteiger partial charge in [0.15, 0.2) is 5.82 Å². The molecule has 4 heteroatoms. The average molecular weight is 702 g/mol. The number of nitrogens with zero attached hydrogens (tertiary/aromatic N) is 3. The van der Waals surface area contributed by atoms with Gasteiger partial charge in [0, 0.05) is 47.5 Å². The molecule has 13 rings (SSSR count). The number of benzene rings is 9. The Hall–Kier alpha value is -6.88. The van der Waals surface area contributed by atoms with Crippen LogP contribution in [0, 0.1) is 0 Å². The van der Waals surface area contributed by atoms with Gasteiger partial charge in [-0.05, 0) is 74.0 Å². The lowest BCUT2D eigenvalue weighted by molar-refractivity contribution is 1.08. The zero-order valence-electron chi connectivity index (χ0n) is 28.8. The second kappa shape index (κ2) is 10.4. The van der Waals surface area contributed by atoms with Gasteiger partial charge < -0.3 is 0 Å². The highest BCUT2D eigenvalue weighted by Gasteiger charge is 2.29. The summed E-state index contributed by atoms with van der Waals surface area (Å²) in [4.78, 5) is 11.3. The van der Waals surface area contributed by atoms with Crippen molar-refractivity contribution in [1.29, 1.82) is 0 Å². The van der Waals surface area contributed by atoms with E-state index in [1.807, 2.05) is 11.3 Å². The molecule has 9 aromatic carbocycles. The van der Waals surface area contributed by atoms with Crippen molar-refractivity contribution in [3.05, 3.63) is 164 Å². The molecule has 0 saturated heterocycles. The molecule has 0 spiro atoms. The maximum atomic E-state index is 5.72. The van der Waals surface area contributed by atoms with Crippen molar-refractivity contribution in [1.82, 2.24) is 14.5 Å². The predicted molar refractivity (Wildman–Crippen MR) is 229 cm³/mol. The van der Waals surface area contributed by atoms with Crippen LogP contribution >= 0.6 is 11.3 Å². The first-order chi connectivity index (χ1) is 26.8. The van der Waals surface area contributed by atoms with Crippen LogP contribution in [0.4, 0.5) is 0 Å². The van der Waals surface area contributed by atoms with Crippen LogP contribution in [-0.4, -0.2) is 14.5 Å². The molecular formula is C50H27N3S. The van der Waals surface area contributed by atoms with E-state index in [0.29, 0.717) is 0 Å². The zero-order chi connectivity index (χ0) is 35.1. The SMILES string of the molecule is c1ccc2c(c1)-c1cccc3ccc4c(c13)c1c-2c2c(cc1n4-c1nc3c(ccc4ccccc43)nc1-c1ccc3ccccc3c1)sc1ccccc12. The Morgan fingerprint density at radius 2 is 1.15 bits per heavy atom. The number of aromatic nitrogens is 3. The van der Waals surface area contributed by atoms with Gasteiger partial charge >= 0.3 is 0 Å². The topological polar surface area (TPSA) is 30.7 Å². The minimum absolute atomic E-state index is 0.839. The lowest BCUT2D eigenvalue weighted by atomic mass is 9.91. The fourth-order valence-corrected chi connectivity index (χ4v) is 10.5. The molecule has 3 heterocycles. The van der Waals surface area contributed by atoms with E-state index in [-0.39, 0.29) is 0 Å². The molecule has 0 fully saturated rings. The molecule has 0 atom stereocenters. The Bertz CT molecular complexity index is 3630. The molecule has 0 radical (unpaired) electrons. The van der Waals surface area contributed by atoms with Crippen molar-refractivity contribution in [2.45, 2.75) is 0 Å². The zero-order valence-corrected chi connectivity index (χ0v) is 29.7. The summed E-state index contributed by atoms with van der Waals surface area (Å²) in [6.45, 7) is 0. The molecule has 0 aliphatic heterocycles. The summed E-state index contributed by atoms with van der Waals surface area (Å²) in [5.74, 6) is 0.839. The standard InChI is InChI=1S/C50H27N3S/c1-2-12-31-26-32(21-20-28(31)10-1)48-50(52-49-33-14-4-3-11-29(33)22-24-38(49)51-48)53-39-25-23-30-13-9-18-35-34-15-5-6-16-36(34)45-44-37-17-7-8-19-41(37)54-42(44)27-40(53)47(45)46(39)43(30)35/h1-27H. The van der Waals surface area contributed by atoms with Crippen LogP contribution in [0.5, 0.6) is 0 Å². The Kier molecular flexibility index (Phi) is 5.51. The fraction of sp³-hybridized carbons (Fsp3) is 0. The van der Waals surface area contributed by atoms with E-state index < -0.39 is 0 Å². The molecule has 1 aliphatic carbocycles. The van der Waals surface area contributed by atoms with Gasteiger partial charge in [0.25, 0.3) is 0 Å². The highest BCUT2D eigenvalue weighted by molar-refractivity contribution is 7.26. The molecule has 0 unspecified atom stereocenters. The van der Waals surface area contributed by atoms with E-state index in [9.17, 15) is 0 Å². The summed E-state index contributed by atoms with van der Waals surface area (Å²) < 4.78 is 5.00. The average Bonchev–Trinajstić information content (AvgIpc) is 3.73. The lowest BCUT2D eigenvalue weighted by Crippen LogP contribution is -2.04. The molecular weight excluding hydrogens is 675 g/mol. The second-order valence-electron chi connectivity index (χ2n) is 14.5. The largest absolute Gasteiger partial charge is 0.292 e. The summed E-state index contributed by atoms with van der Waals surface area (Å²) in [6.07, 6.45) is 0. The van der Waals surface area contributed by atoms with E-state index in [0.717, 1.165) is 49.9 Å². The highest BCUT2D eigenvalue weighted by Crippen LogP contribution is 2.54. The molecule has 0 amide bonds. The summed E-state index contributed by atoms with van der Waals surface area (Å²) >= 11 is 1.87. The third-order valence-electron chi connectivity index (χ3n) is 11.7. The van der Waals surface area contributed by atoms with Gasteiger partial charge in [0.2, 0.25) is 0 Å².